The molecule has 1 atom stereocenters. The van der Waals surface area contributed by atoms with Gasteiger partial charge < -0.3 is 10.1 Å². The van der Waals surface area contributed by atoms with Gasteiger partial charge in [-0.15, -0.1) is 0 Å². The maximum absolute atomic E-state index is 14.2. The van der Waals surface area contributed by atoms with E-state index in [4.69, 9.17) is 9.84 Å². The van der Waals surface area contributed by atoms with Gasteiger partial charge in [-0.25, -0.2) is 24.0 Å². The van der Waals surface area contributed by atoms with Crippen LogP contribution in [-0.4, -0.2) is 44.5 Å². The van der Waals surface area contributed by atoms with Crippen LogP contribution in [0.4, 0.5) is 10.2 Å². The molecule has 0 amide bonds. The minimum atomic E-state index is -0.271. The van der Waals surface area contributed by atoms with Crippen LogP contribution in [0.5, 0.6) is 0 Å². The lowest BCUT2D eigenvalue weighted by Crippen LogP contribution is -2.13. The zero-order valence-corrected chi connectivity index (χ0v) is 17.8. The molecule has 3 heterocycles. The molecule has 0 aliphatic heterocycles. The van der Waals surface area contributed by atoms with Crippen LogP contribution in [0.25, 0.3) is 22.6 Å². The van der Waals surface area contributed by atoms with Gasteiger partial charge in [0.15, 0.2) is 11.5 Å². The summed E-state index contributed by atoms with van der Waals surface area (Å²) in [6.45, 7) is 4.95. The Morgan fingerprint density at radius 2 is 2.00 bits per heavy atom. The molecule has 4 rings (SSSR count). The van der Waals surface area contributed by atoms with Crippen molar-refractivity contribution in [3.05, 3.63) is 65.7 Å². The van der Waals surface area contributed by atoms with E-state index in [0.29, 0.717) is 22.7 Å². The van der Waals surface area contributed by atoms with Gasteiger partial charge in [0.05, 0.1) is 18.0 Å². The fourth-order valence-corrected chi connectivity index (χ4v) is 3.36. The number of halogens is 1. The highest BCUT2D eigenvalue weighted by Crippen LogP contribution is 2.26. The molecule has 0 fully saturated rings. The minimum absolute atomic E-state index is 0.166. The molecule has 3 aromatic heterocycles. The summed E-state index contributed by atoms with van der Waals surface area (Å²) in [7, 11) is 1.70. The third kappa shape index (κ3) is 4.69. The first-order valence-electron chi connectivity index (χ1n) is 10.2. The number of benzene rings is 1. The quantitative estimate of drug-likeness (QED) is 0.460. The Morgan fingerprint density at radius 1 is 1.16 bits per heavy atom. The molecule has 7 nitrogen and oxygen atoms in total. The molecule has 0 radical (unpaired) electrons. The average molecular weight is 420 g/mol. The Bertz CT molecular complexity index is 1190. The van der Waals surface area contributed by atoms with Crippen LogP contribution in [0.1, 0.15) is 24.6 Å². The van der Waals surface area contributed by atoms with Gasteiger partial charge in [0.2, 0.25) is 0 Å². The van der Waals surface area contributed by atoms with Crippen molar-refractivity contribution >= 4 is 16.9 Å². The van der Waals surface area contributed by atoms with Gasteiger partial charge in [-0.2, -0.15) is 5.10 Å². The maximum atomic E-state index is 14.2. The fourth-order valence-electron chi connectivity index (χ4n) is 3.36. The highest BCUT2D eigenvalue weighted by atomic mass is 19.1. The second kappa shape index (κ2) is 9.18. The Hall–Kier alpha value is -3.39. The number of hydrogen-bond acceptors (Lipinski definition) is 6. The monoisotopic (exact) mass is 420 g/mol. The van der Waals surface area contributed by atoms with E-state index < -0.39 is 0 Å². The van der Waals surface area contributed by atoms with Gasteiger partial charge in [-0.3, -0.25) is 0 Å². The second-order valence-electron chi connectivity index (χ2n) is 7.45. The van der Waals surface area contributed by atoms with E-state index in [9.17, 15) is 4.39 Å². The lowest BCUT2D eigenvalue weighted by Gasteiger charge is -2.11. The van der Waals surface area contributed by atoms with E-state index in [1.807, 2.05) is 38.1 Å². The molecule has 0 aliphatic rings. The maximum Gasteiger partial charge on any atom is 0.183 e. The Kier molecular flexibility index (Phi) is 6.18. The summed E-state index contributed by atoms with van der Waals surface area (Å²) < 4.78 is 21.2. The first kappa shape index (κ1) is 20.9. The van der Waals surface area contributed by atoms with E-state index in [2.05, 4.69) is 20.3 Å². The zero-order valence-electron chi connectivity index (χ0n) is 17.8. The molecule has 0 aliphatic carbocycles. The lowest BCUT2D eigenvalue weighted by atomic mass is 10.2. The van der Waals surface area contributed by atoms with Crippen molar-refractivity contribution in [2.24, 2.45) is 0 Å². The van der Waals surface area contributed by atoms with Crippen molar-refractivity contribution in [3.63, 3.8) is 0 Å². The van der Waals surface area contributed by atoms with E-state index in [1.165, 1.54) is 6.07 Å². The van der Waals surface area contributed by atoms with Gasteiger partial charge >= 0.3 is 0 Å². The van der Waals surface area contributed by atoms with Crippen LogP contribution in [0.2, 0.25) is 0 Å². The van der Waals surface area contributed by atoms with Gasteiger partial charge in [0.25, 0.3) is 0 Å². The Balaban J connectivity index is 1.69. The van der Waals surface area contributed by atoms with E-state index >= 15 is 0 Å². The molecule has 4 aromatic rings. The van der Waals surface area contributed by atoms with Crippen molar-refractivity contribution < 1.29 is 9.13 Å². The number of methoxy groups -OCH3 is 1. The number of aromatic nitrogens is 5. The summed E-state index contributed by atoms with van der Waals surface area (Å²) in [5.41, 5.74) is 2.66. The van der Waals surface area contributed by atoms with Crippen LogP contribution in [-0.2, 0) is 11.3 Å². The van der Waals surface area contributed by atoms with Crippen molar-refractivity contribution in [1.29, 1.82) is 0 Å². The number of nitrogens with zero attached hydrogens (tertiary/aromatic N) is 5. The summed E-state index contributed by atoms with van der Waals surface area (Å²) in [4.78, 5) is 13.7. The number of aryl methyl sites for hydroxylation is 1. The highest BCUT2D eigenvalue weighted by Gasteiger charge is 2.17. The molecule has 0 saturated carbocycles. The van der Waals surface area contributed by atoms with Gasteiger partial charge in [0.1, 0.15) is 17.3 Å². The minimum Gasteiger partial charge on any atom is -0.382 e. The molecule has 1 aromatic carbocycles. The first-order valence-corrected chi connectivity index (χ1v) is 10.2. The molecule has 0 spiro atoms. The normalized spacial score (nSPS) is 12.3. The average Bonchev–Trinajstić information content (AvgIpc) is 3.13. The fraction of sp³-hybridized carbons (Fsp3) is 0.304. The standard InChI is InChI=1S/C23H25FN6O/c1-15-13-20(25-12-10-16(2)31-3)28-22(27-15)21-18-8-6-11-26-23(18)30(29-21)14-17-7-4-5-9-19(17)24/h4-9,11,13,16H,10,12,14H2,1-3H3,(H,25,27,28). The number of anilines is 1. The van der Waals surface area contributed by atoms with Crippen LogP contribution >= 0.6 is 0 Å². The number of pyridine rings is 1. The molecular formula is C23H25FN6O. The summed E-state index contributed by atoms with van der Waals surface area (Å²) in [5, 5.41) is 8.87. The van der Waals surface area contributed by atoms with E-state index in [0.717, 1.165) is 29.9 Å². The number of ether oxygens (including phenoxy) is 1. The smallest absolute Gasteiger partial charge is 0.183 e. The van der Waals surface area contributed by atoms with E-state index in [1.54, 1.807) is 30.1 Å². The predicted octanol–water partition coefficient (Wildman–Crippen LogP) is 4.22. The molecule has 1 unspecified atom stereocenters. The Morgan fingerprint density at radius 3 is 2.81 bits per heavy atom. The summed E-state index contributed by atoms with van der Waals surface area (Å²) >= 11 is 0. The van der Waals surface area contributed by atoms with Crippen LogP contribution in [0.3, 0.4) is 0 Å². The molecule has 160 valence electrons. The first-order chi connectivity index (χ1) is 15.0. The molecule has 8 heteroatoms. The van der Waals surface area contributed by atoms with Crippen LogP contribution in [0.15, 0.2) is 48.7 Å². The molecule has 1 N–H and O–H groups in total. The third-order valence-electron chi connectivity index (χ3n) is 5.11. The topological polar surface area (TPSA) is 77.8 Å². The SMILES string of the molecule is COC(C)CCNc1cc(C)nc(-c2nn(Cc3ccccc3F)c3ncccc23)n1. The Labute approximate surface area is 180 Å². The summed E-state index contributed by atoms with van der Waals surface area (Å²) in [5.74, 6) is 0.964. The van der Waals surface area contributed by atoms with Crippen molar-refractivity contribution in [3.8, 4) is 11.5 Å². The van der Waals surface area contributed by atoms with Crippen molar-refractivity contribution in [2.45, 2.75) is 32.9 Å². The molecule has 0 bridgehead atoms. The van der Waals surface area contributed by atoms with Gasteiger partial charge in [0, 0.05) is 37.2 Å². The third-order valence-corrected chi connectivity index (χ3v) is 5.11. The number of hydrogen-bond donors (Lipinski definition) is 1. The van der Waals surface area contributed by atoms with Gasteiger partial charge in [-0.1, -0.05) is 18.2 Å². The second-order valence-corrected chi connectivity index (χ2v) is 7.45. The molecule has 31 heavy (non-hydrogen) atoms. The largest absolute Gasteiger partial charge is 0.382 e. The summed E-state index contributed by atoms with van der Waals surface area (Å²) in [6.07, 6.45) is 2.73. The number of rotatable bonds is 8. The van der Waals surface area contributed by atoms with Crippen LogP contribution in [0, 0.1) is 12.7 Å². The van der Waals surface area contributed by atoms with Gasteiger partial charge in [-0.05, 0) is 38.5 Å². The molecular weight excluding hydrogens is 395 g/mol. The number of nitrogens with one attached hydrogen (secondary N) is 1. The highest BCUT2D eigenvalue weighted by molar-refractivity contribution is 5.89. The zero-order chi connectivity index (χ0) is 21.8. The van der Waals surface area contributed by atoms with Crippen molar-refractivity contribution in [2.75, 3.05) is 19.0 Å². The molecule has 0 saturated heterocycles. The number of fused-ring (bicyclic) bond motifs is 1. The van der Waals surface area contributed by atoms with Crippen LogP contribution < -0.4 is 5.32 Å². The van der Waals surface area contributed by atoms with Crippen molar-refractivity contribution in [1.82, 2.24) is 24.7 Å². The van der Waals surface area contributed by atoms with E-state index in [-0.39, 0.29) is 18.5 Å². The predicted molar refractivity (Wildman–Crippen MR) is 118 cm³/mol. The lowest BCUT2D eigenvalue weighted by molar-refractivity contribution is 0.114. The summed E-state index contributed by atoms with van der Waals surface area (Å²) in [6, 6.07) is 12.4.